The molecule has 0 saturated heterocycles. The average molecular weight is 588 g/mol. The molecule has 2 heterocycles. The van der Waals surface area contributed by atoms with Gasteiger partial charge in [-0.3, -0.25) is 4.79 Å². The van der Waals surface area contributed by atoms with E-state index in [1.54, 1.807) is 45.4 Å². The van der Waals surface area contributed by atoms with E-state index in [1.165, 1.54) is 23.9 Å². The summed E-state index contributed by atoms with van der Waals surface area (Å²) in [4.78, 5) is 33.4. The molecule has 3 aromatic rings. The number of amidine groups is 1. The summed E-state index contributed by atoms with van der Waals surface area (Å²) in [6.07, 6.45) is 0.0353. The third-order valence-corrected chi connectivity index (χ3v) is 7.80. The van der Waals surface area contributed by atoms with Crippen LogP contribution in [-0.4, -0.2) is 36.2 Å². The summed E-state index contributed by atoms with van der Waals surface area (Å²) < 4.78 is 30.2. The third kappa shape index (κ3) is 6.33. The molecule has 8 nitrogen and oxygen atoms in total. The topological polar surface area (TPSA) is 89.5 Å². The first-order valence-electron chi connectivity index (χ1n) is 13.3. The number of nitrogens with one attached hydrogen (secondary N) is 1. The van der Waals surface area contributed by atoms with Crippen molar-refractivity contribution in [1.82, 2.24) is 10.2 Å². The highest BCUT2D eigenvalue weighted by Gasteiger charge is 2.42. The Kier molecular flexibility index (Phi) is 8.92. The van der Waals surface area contributed by atoms with E-state index in [9.17, 15) is 14.0 Å². The molecule has 1 amide bonds. The number of rotatable bonds is 10. The fourth-order valence-electron chi connectivity index (χ4n) is 4.80. The molecule has 42 heavy (non-hydrogen) atoms. The smallest absolute Gasteiger partial charge is 0.338 e. The highest BCUT2D eigenvalue weighted by molar-refractivity contribution is 8.16. The molecular weight excluding hydrogens is 557 g/mol. The molecule has 2 aliphatic heterocycles. The van der Waals surface area contributed by atoms with Gasteiger partial charge < -0.3 is 24.4 Å². The van der Waals surface area contributed by atoms with Gasteiger partial charge in [-0.05, 0) is 47.7 Å². The third-order valence-electron chi connectivity index (χ3n) is 6.91. The number of fused-ring (bicyclic) bond motifs is 1. The van der Waals surface area contributed by atoms with Gasteiger partial charge in [-0.25, -0.2) is 14.2 Å². The lowest BCUT2D eigenvalue weighted by atomic mass is 9.93. The number of methoxy groups -OCH3 is 2. The van der Waals surface area contributed by atoms with E-state index in [0.29, 0.717) is 39.2 Å². The number of amides is 1. The van der Waals surface area contributed by atoms with Gasteiger partial charge in [0.15, 0.2) is 5.17 Å². The number of esters is 1. The molecule has 10 heteroatoms. The normalized spacial score (nSPS) is 15.9. The maximum Gasteiger partial charge on any atom is 0.338 e. The van der Waals surface area contributed by atoms with Gasteiger partial charge in [-0.15, -0.1) is 0 Å². The molecule has 0 radical (unpaired) electrons. The molecule has 0 aromatic heterocycles. The number of aliphatic imine (C=N–C) groups is 1. The predicted molar refractivity (Wildman–Crippen MR) is 159 cm³/mol. The number of hydrogen-bond acceptors (Lipinski definition) is 8. The zero-order valence-electron chi connectivity index (χ0n) is 23.4. The van der Waals surface area contributed by atoms with Crippen molar-refractivity contribution in [2.24, 2.45) is 4.99 Å². The molecule has 0 aliphatic carbocycles. The van der Waals surface area contributed by atoms with Crippen molar-refractivity contribution in [3.05, 3.63) is 118 Å². The van der Waals surface area contributed by atoms with Crippen LogP contribution in [0.4, 0.5) is 4.39 Å². The van der Waals surface area contributed by atoms with Gasteiger partial charge in [0.2, 0.25) is 5.91 Å². The van der Waals surface area contributed by atoms with Crippen LogP contribution < -0.4 is 14.8 Å². The van der Waals surface area contributed by atoms with Crippen molar-refractivity contribution < 1.29 is 28.2 Å². The number of hydrogen-bond donors (Lipinski definition) is 1. The Labute approximate surface area is 247 Å². The van der Waals surface area contributed by atoms with Crippen LogP contribution in [0.5, 0.6) is 11.5 Å². The standard InChI is InChI=1S/C32H30FN3O5S/c1-20-29(31(38)41-18-22-7-5-4-6-8-22)30(26-14-13-25(39-2)16-27(26)40-3)36-24(19-42-32(36)35-20)15-28(37)34-17-21-9-11-23(33)12-10-21/h4-14,16,19,30H,15,17-18H2,1-3H3,(H,34,37)/t30-/m1/s1. The lowest BCUT2D eigenvalue weighted by Crippen LogP contribution is -2.38. The Morgan fingerprint density at radius 2 is 1.76 bits per heavy atom. The number of allylic oxidation sites excluding steroid dienone is 1. The van der Waals surface area contributed by atoms with E-state index in [1.807, 2.05) is 46.7 Å². The minimum atomic E-state index is -0.673. The van der Waals surface area contributed by atoms with Crippen LogP contribution in [0.1, 0.15) is 36.1 Å². The van der Waals surface area contributed by atoms with Gasteiger partial charge >= 0.3 is 5.97 Å². The number of thioether (sulfide) groups is 1. The van der Waals surface area contributed by atoms with E-state index >= 15 is 0 Å². The van der Waals surface area contributed by atoms with Crippen LogP contribution in [0.2, 0.25) is 0 Å². The van der Waals surface area contributed by atoms with Gasteiger partial charge in [-0.1, -0.05) is 54.2 Å². The quantitative estimate of drug-likeness (QED) is 0.297. The maximum atomic E-state index is 13.7. The molecule has 216 valence electrons. The van der Waals surface area contributed by atoms with E-state index in [-0.39, 0.29) is 31.3 Å². The highest BCUT2D eigenvalue weighted by atomic mass is 32.2. The number of ether oxygens (including phenoxy) is 3. The molecule has 1 atom stereocenters. The Balaban J connectivity index is 1.44. The summed E-state index contributed by atoms with van der Waals surface area (Å²) in [5, 5.41) is 5.39. The summed E-state index contributed by atoms with van der Waals surface area (Å²) in [6.45, 7) is 2.13. The van der Waals surface area contributed by atoms with Crippen molar-refractivity contribution in [2.75, 3.05) is 14.2 Å². The van der Waals surface area contributed by atoms with Crippen LogP contribution in [-0.2, 0) is 27.5 Å². The molecule has 3 aromatic carbocycles. The summed E-state index contributed by atoms with van der Waals surface area (Å²) in [7, 11) is 3.12. The van der Waals surface area contributed by atoms with E-state index in [0.717, 1.165) is 11.1 Å². The molecule has 2 aliphatic rings. The summed E-state index contributed by atoms with van der Waals surface area (Å²) >= 11 is 1.38. The van der Waals surface area contributed by atoms with E-state index < -0.39 is 12.0 Å². The van der Waals surface area contributed by atoms with Crippen molar-refractivity contribution >= 4 is 28.8 Å². The number of carbonyl (C=O) groups is 2. The van der Waals surface area contributed by atoms with Crippen molar-refractivity contribution in [3.63, 3.8) is 0 Å². The first-order chi connectivity index (χ1) is 20.4. The molecule has 0 spiro atoms. The molecule has 1 N–H and O–H groups in total. The Bertz CT molecular complexity index is 1570. The lowest BCUT2D eigenvalue weighted by molar-refractivity contribution is -0.141. The fraction of sp³-hybridized carbons (Fsp3) is 0.219. The first-order valence-corrected chi connectivity index (χ1v) is 14.1. The van der Waals surface area contributed by atoms with Gasteiger partial charge in [-0.2, -0.15) is 0 Å². The van der Waals surface area contributed by atoms with Crippen LogP contribution in [0, 0.1) is 5.82 Å². The Morgan fingerprint density at radius 1 is 1.00 bits per heavy atom. The molecular formula is C32H30FN3O5S. The summed E-state index contributed by atoms with van der Waals surface area (Å²) in [5.41, 5.74) is 3.86. The average Bonchev–Trinajstić information content (AvgIpc) is 3.40. The second-order valence-electron chi connectivity index (χ2n) is 9.64. The molecule has 0 fully saturated rings. The van der Waals surface area contributed by atoms with Crippen molar-refractivity contribution in [2.45, 2.75) is 32.5 Å². The minimum absolute atomic E-state index is 0.0353. The Hall–Kier alpha value is -4.57. The van der Waals surface area contributed by atoms with Crippen LogP contribution in [0.15, 0.2) is 100 Å². The van der Waals surface area contributed by atoms with Crippen LogP contribution in [0.3, 0.4) is 0 Å². The summed E-state index contributed by atoms with van der Waals surface area (Å²) in [5.74, 6) is 0.0303. The molecule has 0 bridgehead atoms. The largest absolute Gasteiger partial charge is 0.497 e. The van der Waals surface area contributed by atoms with Gasteiger partial charge in [0.25, 0.3) is 0 Å². The SMILES string of the molecule is COc1ccc([C@@H]2C(C(=O)OCc3ccccc3)=C(C)N=C3SC=C(CC(=O)NCc4ccc(F)cc4)N32)c(OC)c1. The second-order valence-corrected chi connectivity index (χ2v) is 10.5. The predicted octanol–water partition coefficient (Wildman–Crippen LogP) is 5.87. The maximum absolute atomic E-state index is 13.7. The zero-order valence-corrected chi connectivity index (χ0v) is 24.2. The highest BCUT2D eigenvalue weighted by Crippen LogP contribution is 2.47. The van der Waals surface area contributed by atoms with Crippen molar-refractivity contribution in [1.29, 1.82) is 0 Å². The van der Waals surface area contributed by atoms with Gasteiger partial charge in [0.1, 0.15) is 23.9 Å². The molecule has 5 rings (SSSR count). The Morgan fingerprint density at radius 3 is 2.48 bits per heavy atom. The van der Waals surface area contributed by atoms with Gasteiger partial charge in [0.05, 0.1) is 38.0 Å². The van der Waals surface area contributed by atoms with Gasteiger partial charge in [0, 0.05) is 23.9 Å². The first kappa shape index (κ1) is 28.9. The van der Waals surface area contributed by atoms with Crippen molar-refractivity contribution in [3.8, 4) is 11.5 Å². The fourth-order valence-corrected chi connectivity index (χ4v) is 5.76. The van der Waals surface area contributed by atoms with Crippen LogP contribution in [0.25, 0.3) is 0 Å². The summed E-state index contributed by atoms with van der Waals surface area (Å²) in [6, 6.07) is 20.1. The number of halogens is 1. The second kappa shape index (κ2) is 12.9. The number of benzene rings is 3. The monoisotopic (exact) mass is 587 g/mol. The zero-order chi connectivity index (χ0) is 29.6. The van der Waals surface area contributed by atoms with Crippen LogP contribution >= 0.6 is 11.8 Å². The molecule has 0 unspecified atom stereocenters. The lowest BCUT2D eigenvalue weighted by Gasteiger charge is -2.36. The van der Waals surface area contributed by atoms with E-state index in [2.05, 4.69) is 5.32 Å². The number of carbonyl (C=O) groups excluding carboxylic acids is 2. The minimum Gasteiger partial charge on any atom is -0.497 e. The number of nitrogens with zero attached hydrogens (tertiary/aromatic N) is 2. The molecule has 0 saturated carbocycles. The van der Waals surface area contributed by atoms with E-state index in [4.69, 9.17) is 19.2 Å².